The molecule has 1 aliphatic rings. The summed E-state index contributed by atoms with van der Waals surface area (Å²) in [7, 11) is 1.55. The molecule has 1 aromatic rings. The number of aromatic nitrogens is 1. The van der Waals surface area contributed by atoms with Crippen molar-refractivity contribution >= 4 is 11.7 Å². The number of carbonyl (C=O) groups excluding carboxylic acids is 1. The number of rotatable bonds is 4. The van der Waals surface area contributed by atoms with Crippen LogP contribution in [0.25, 0.3) is 0 Å². The van der Waals surface area contributed by atoms with Gasteiger partial charge in [0.15, 0.2) is 0 Å². The van der Waals surface area contributed by atoms with Crippen LogP contribution in [0, 0.1) is 0 Å². The number of pyridine rings is 1. The average Bonchev–Trinajstić information content (AvgIpc) is 2.93. The van der Waals surface area contributed by atoms with Crippen LogP contribution in [-0.2, 0) is 4.74 Å². The summed E-state index contributed by atoms with van der Waals surface area (Å²) in [5.74, 6) is 0.513. The summed E-state index contributed by atoms with van der Waals surface area (Å²) in [5.41, 5.74) is 0.623. The Morgan fingerprint density at radius 2 is 2.42 bits per heavy atom. The fraction of sp³-hybridized carbons (Fsp3) is 0.538. The molecule has 1 aromatic heterocycles. The molecule has 1 fully saturated rings. The maximum absolute atomic E-state index is 11.8. The number of hydrogen-bond donors (Lipinski definition) is 2. The van der Waals surface area contributed by atoms with E-state index in [1.165, 1.54) is 0 Å². The Hall–Kier alpha value is -1.82. The predicted molar refractivity (Wildman–Crippen MR) is 71.4 cm³/mol. The Kier molecular flexibility index (Phi) is 4.57. The molecule has 6 heteroatoms. The lowest BCUT2D eigenvalue weighted by atomic mass is 10.1. The SMILES string of the molecule is COc1ccc(NC(=O)NC(C)C2CCCO2)cn1. The smallest absolute Gasteiger partial charge is 0.319 e. The number of anilines is 1. The maximum Gasteiger partial charge on any atom is 0.319 e. The monoisotopic (exact) mass is 265 g/mol. The van der Waals surface area contributed by atoms with Gasteiger partial charge in [-0.3, -0.25) is 0 Å². The van der Waals surface area contributed by atoms with Crippen LogP contribution in [0.4, 0.5) is 10.5 Å². The van der Waals surface area contributed by atoms with Crippen molar-refractivity contribution in [1.82, 2.24) is 10.3 Å². The number of ether oxygens (including phenoxy) is 2. The van der Waals surface area contributed by atoms with Crippen molar-refractivity contribution < 1.29 is 14.3 Å². The number of nitrogens with one attached hydrogen (secondary N) is 2. The summed E-state index contributed by atoms with van der Waals surface area (Å²) >= 11 is 0. The van der Waals surface area contributed by atoms with Crippen LogP contribution in [0.15, 0.2) is 18.3 Å². The summed E-state index contributed by atoms with van der Waals surface area (Å²) < 4.78 is 10.5. The van der Waals surface area contributed by atoms with Gasteiger partial charge in [-0.05, 0) is 25.8 Å². The third kappa shape index (κ3) is 3.82. The van der Waals surface area contributed by atoms with Crippen molar-refractivity contribution in [3.63, 3.8) is 0 Å². The second-order valence-corrected chi connectivity index (χ2v) is 4.53. The van der Waals surface area contributed by atoms with Crippen LogP contribution in [0.1, 0.15) is 19.8 Å². The lowest BCUT2D eigenvalue weighted by Gasteiger charge is -2.20. The lowest BCUT2D eigenvalue weighted by molar-refractivity contribution is 0.0868. The summed E-state index contributed by atoms with van der Waals surface area (Å²) in [6.07, 6.45) is 3.71. The van der Waals surface area contributed by atoms with E-state index in [0.717, 1.165) is 19.4 Å². The maximum atomic E-state index is 11.8. The molecule has 0 spiro atoms. The number of nitrogens with zero attached hydrogens (tertiary/aromatic N) is 1. The molecule has 0 saturated carbocycles. The Balaban J connectivity index is 1.82. The van der Waals surface area contributed by atoms with E-state index in [-0.39, 0.29) is 18.2 Å². The number of methoxy groups -OCH3 is 1. The van der Waals surface area contributed by atoms with Gasteiger partial charge in [0.05, 0.1) is 31.1 Å². The standard InChI is InChI=1S/C13H19N3O3/c1-9(11-4-3-7-19-11)15-13(17)16-10-5-6-12(18-2)14-8-10/h5-6,8-9,11H,3-4,7H2,1-2H3,(H2,15,16,17). The van der Waals surface area contributed by atoms with E-state index in [0.29, 0.717) is 11.6 Å². The zero-order valence-corrected chi connectivity index (χ0v) is 11.2. The van der Waals surface area contributed by atoms with Gasteiger partial charge >= 0.3 is 6.03 Å². The number of hydrogen-bond acceptors (Lipinski definition) is 4. The fourth-order valence-electron chi connectivity index (χ4n) is 2.04. The highest BCUT2D eigenvalue weighted by atomic mass is 16.5. The van der Waals surface area contributed by atoms with Gasteiger partial charge < -0.3 is 20.1 Å². The molecular formula is C13H19N3O3. The molecule has 0 aromatic carbocycles. The lowest BCUT2D eigenvalue weighted by Crippen LogP contribution is -2.42. The summed E-state index contributed by atoms with van der Waals surface area (Å²) in [6, 6.07) is 3.17. The van der Waals surface area contributed by atoms with Gasteiger partial charge in [0.2, 0.25) is 5.88 Å². The van der Waals surface area contributed by atoms with Crippen molar-refractivity contribution in [1.29, 1.82) is 0 Å². The Labute approximate surface area is 112 Å². The van der Waals surface area contributed by atoms with E-state index in [9.17, 15) is 4.79 Å². The number of amides is 2. The second kappa shape index (κ2) is 6.38. The molecule has 0 aliphatic carbocycles. The van der Waals surface area contributed by atoms with Gasteiger partial charge in [-0.25, -0.2) is 9.78 Å². The summed E-state index contributed by atoms with van der Waals surface area (Å²) in [4.78, 5) is 15.8. The zero-order chi connectivity index (χ0) is 13.7. The quantitative estimate of drug-likeness (QED) is 0.870. The van der Waals surface area contributed by atoms with E-state index in [1.54, 1.807) is 25.4 Å². The molecule has 2 N–H and O–H groups in total. The zero-order valence-electron chi connectivity index (χ0n) is 11.2. The molecule has 6 nitrogen and oxygen atoms in total. The van der Waals surface area contributed by atoms with Gasteiger partial charge in [0, 0.05) is 12.7 Å². The van der Waals surface area contributed by atoms with Crippen molar-refractivity contribution in [2.45, 2.75) is 31.9 Å². The Bertz CT molecular complexity index is 416. The topological polar surface area (TPSA) is 72.5 Å². The van der Waals surface area contributed by atoms with Gasteiger partial charge in [-0.15, -0.1) is 0 Å². The number of urea groups is 1. The van der Waals surface area contributed by atoms with Crippen LogP contribution < -0.4 is 15.4 Å². The first-order valence-electron chi connectivity index (χ1n) is 6.38. The van der Waals surface area contributed by atoms with Crippen molar-refractivity contribution in [3.8, 4) is 5.88 Å². The van der Waals surface area contributed by atoms with E-state index in [2.05, 4.69) is 15.6 Å². The summed E-state index contributed by atoms with van der Waals surface area (Å²) in [5, 5.41) is 5.59. The number of carbonyl (C=O) groups is 1. The third-order valence-corrected chi connectivity index (χ3v) is 3.08. The van der Waals surface area contributed by atoms with Crippen LogP contribution in [-0.4, -0.2) is 36.9 Å². The van der Waals surface area contributed by atoms with Crippen molar-refractivity contribution in [2.75, 3.05) is 19.0 Å². The molecule has 19 heavy (non-hydrogen) atoms. The minimum absolute atomic E-state index is 0.00583. The highest BCUT2D eigenvalue weighted by Gasteiger charge is 2.23. The Morgan fingerprint density at radius 3 is 3.00 bits per heavy atom. The summed E-state index contributed by atoms with van der Waals surface area (Å²) in [6.45, 7) is 2.72. The largest absolute Gasteiger partial charge is 0.481 e. The van der Waals surface area contributed by atoms with Gasteiger partial charge in [0.25, 0.3) is 0 Å². The van der Waals surface area contributed by atoms with E-state index >= 15 is 0 Å². The minimum Gasteiger partial charge on any atom is -0.481 e. The van der Waals surface area contributed by atoms with E-state index in [1.807, 2.05) is 6.92 Å². The van der Waals surface area contributed by atoms with Crippen molar-refractivity contribution in [2.24, 2.45) is 0 Å². The first-order valence-corrected chi connectivity index (χ1v) is 6.38. The molecular weight excluding hydrogens is 246 g/mol. The fourth-order valence-corrected chi connectivity index (χ4v) is 2.04. The van der Waals surface area contributed by atoms with Gasteiger partial charge in [-0.1, -0.05) is 0 Å². The van der Waals surface area contributed by atoms with Crippen molar-refractivity contribution in [3.05, 3.63) is 18.3 Å². The molecule has 0 radical (unpaired) electrons. The van der Waals surface area contributed by atoms with Crippen LogP contribution in [0.3, 0.4) is 0 Å². The molecule has 2 unspecified atom stereocenters. The molecule has 104 valence electrons. The normalized spacial score (nSPS) is 19.8. The molecule has 2 rings (SSSR count). The van der Waals surface area contributed by atoms with Crippen LogP contribution >= 0.6 is 0 Å². The van der Waals surface area contributed by atoms with Gasteiger partial charge in [0.1, 0.15) is 0 Å². The molecule has 0 bridgehead atoms. The molecule has 1 aliphatic heterocycles. The third-order valence-electron chi connectivity index (χ3n) is 3.08. The minimum atomic E-state index is -0.255. The predicted octanol–water partition coefficient (Wildman–Crippen LogP) is 1.78. The first-order chi connectivity index (χ1) is 9.19. The molecule has 2 heterocycles. The van der Waals surface area contributed by atoms with E-state index in [4.69, 9.17) is 9.47 Å². The Morgan fingerprint density at radius 1 is 1.58 bits per heavy atom. The van der Waals surface area contributed by atoms with Gasteiger partial charge in [-0.2, -0.15) is 0 Å². The van der Waals surface area contributed by atoms with Crippen LogP contribution in [0.2, 0.25) is 0 Å². The second-order valence-electron chi connectivity index (χ2n) is 4.53. The molecule has 1 saturated heterocycles. The first kappa shape index (κ1) is 13.6. The highest BCUT2D eigenvalue weighted by molar-refractivity contribution is 5.89. The van der Waals surface area contributed by atoms with Crippen LogP contribution in [0.5, 0.6) is 5.88 Å². The van der Waals surface area contributed by atoms with E-state index < -0.39 is 0 Å². The average molecular weight is 265 g/mol. The molecule has 2 atom stereocenters. The highest BCUT2D eigenvalue weighted by Crippen LogP contribution is 2.15. The molecule has 2 amide bonds.